The molecular weight excluding hydrogens is 238 g/mol. The van der Waals surface area contributed by atoms with Crippen molar-refractivity contribution in [3.8, 4) is 6.07 Å². The molecule has 108 valence electrons. The zero-order valence-electron chi connectivity index (χ0n) is 12.5. The maximum Gasteiger partial charge on any atom is 0.105 e. The Morgan fingerprint density at radius 3 is 2.84 bits per heavy atom. The van der Waals surface area contributed by atoms with Crippen LogP contribution in [0.25, 0.3) is 0 Å². The quantitative estimate of drug-likeness (QED) is 0.797. The summed E-state index contributed by atoms with van der Waals surface area (Å²) >= 11 is 0. The Kier molecular flexibility index (Phi) is 4.83. The van der Waals surface area contributed by atoms with Crippen molar-refractivity contribution in [3.63, 3.8) is 0 Å². The molecule has 0 radical (unpaired) electrons. The Morgan fingerprint density at radius 2 is 2.26 bits per heavy atom. The third kappa shape index (κ3) is 3.92. The van der Waals surface area contributed by atoms with E-state index in [0.29, 0.717) is 18.1 Å². The van der Waals surface area contributed by atoms with E-state index in [-0.39, 0.29) is 0 Å². The minimum atomic E-state index is -0.392. The van der Waals surface area contributed by atoms with Gasteiger partial charge in [0.05, 0.1) is 19.3 Å². The average molecular weight is 265 g/mol. The summed E-state index contributed by atoms with van der Waals surface area (Å²) in [7, 11) is 0. The smallest absolute Gasteiger partial charge is 0.105 e. The van der Waals surface area contributed by atoms with Gasteiger partial charge in [0.25, 0.3) is 0 Å². The van der Waals surface area contributed by atoms with Gasteiger partial charge < -0.3 is 4.74 Å². The van der Waals surface area contributed by atoms with E-state index >= 15 is 0 Å². The van der Waals surface area contributed by atoms with Gasteiger partial charge in [-0.05, 0) is 39.5 Å². The Balaban J connectivity index is 1.93. The SMILES string of the molecule is CCC1COCCN1C(C)CC(C)(C#N)NC1CC1. The molecule has 1 aliphatic heterocycles. The van der Waals surface area contributed by atoms with Gasteiger partial charge in [-0.25, -0.2) is 0 Å². The first kappa shape index (κ1) is 14.8. The largest absolute Gasteiger partial charge is 0.378 e. The first-order valence-electron chi connectivity index (χ1n) is 7.60. The zero-order valence-corrected chi connectivity index (χ0v) is 12.5. The number of nitrogens with zero attached hydrogens (tertiary/aromatic N) is 2. The molecular formula is C15H27N3O. The Morgan fingerprint density at radius 1 is 1.53 bits per heavy atom. The summed E-state index contributed by atoms with van der Waals surface area (Å²) in [4.78, 5) is 2.52. The highest BCUT2D eigenvalue weighted by molar-refractivity contribution is 5.08. The molecule has 0 bridgehead atoms. The third-order valence-corrected chi connectivity index (χ3v) is 4.36. The lowest BCUT2D eigenvalue weighted by atomic mass is 9.93. The van der Waals surface area contributed by atoms with Gasteiger partial charge in [-0.15, -0.1) is 0 Å². The van der Waals surface area contributed by atoms with Crippen LogP contribution in [0.1, 0.15) is 46.5 Å². The molecule has 19 heavy (non-hydrogen) atoms. The molecule has 0 amide bonds. The molecule has 1 N–H and O–H groups in total. The van der Waals surface area contributed by atoms with Gasteiger partial charge in [0, 0.05) is 24.7 Å². The van der Waals surface area contributed by atoms with Gasteiger partial charge in [-0.3, -0.25) is 10.2 Å². The maximum absolute atomic E-state index is 9.48. The number of rotatable bonds is 6. The zero-order chi connectivity index (χ0) is 13.9. The predicted octanol–water partition coefficient (Wildman–Crippen LogP) is 1.91. The van der Waals surface area contributed by atoms with Crippen LogP contribution in [0.5, 0.6) is 0 Å². The summed E-state index contributed by atoms with van der Waals surface area (Å²) in [6.45, 7) is 9.15. The van der Waals surface area contributed by atoms with Crippen LogP contribution in [0.15, 0.2) is 0 Å². The van der Waals surface area contributed by atoms with E-state index in [4.69, 9.17) is 4.74 Å². The molecule has 1 heterocycles. The van der Waals surface area contributed by atoms with Crippen LogP contribution in [0.4, 0.5) is 0 Å². The standard InChI is InChI=1S/C15H27N3O/c1-4-14-10-19-8-7-18(14)12(2)9-15(3,11-16)17-13-5-6-13/h12-14,17H,4-10H2,1-3H3. The number of hydrogen-bond donors (Lipinski definition) is 1. The summed E-state index contributed by atoms with van der Waals surface area (Å²) in [6, 6.07) is 3.98. The molecule has 0 aromatic carbocycles. The van der Waals surface area contributed by atoms with Crippen LogP contribution in [-0.2, 0) is 4.74 Å². The number of ether oxygens (including phenoxy) is 1. The monoisotopic (exact) mass is 265 g/mol. The molecule has 4 heteroatoms. The fraction of sp³-hybridized carbons (Fsp3) is 0.933. The van der Waals surface area contributed by atoms with Crippen molar-refractivity contribution in [3.05, 3.63) is 0 Å². The van der Waals surface area contributed by atoms with Crippen molar-refractivity contribution in [2.75, 3.05) is 19.8 Å². The van der Waals surface area contributed by atoms with Crippen LogP contribution in [0.3, 0.4) is 0 Å². The molecule has 0 aromatic rings. The Hall–Kier alpha value is -0.630. The van der Waals surface area contributed by atoms with Crippen molar-refractivity contribution >= 4 is 0 Å². The van der Waals surface area contributed by atoms with E-state index in [2.05, 4.69) is 30.1 Å². The molecule has 3 atom stereocenters. The van der Waals surface area contributed by atoms with Crippen molar-refractivity contribution in [2.24, 2.45) is 0 Å². The van der Waals surface area contributed by atoms with Gasteiger partial charge in [0.2, 0.25) is 0 Å². The molecule has 2 rings (SSSR count). The van der Waals surface area contributed by atoms with Crippen molar-refractivity contribution < 1.29 is 4.74 Å². The van der Waals surface area contributed by atoms with Crippen molar-refractivity contribution in [1.82, 2.24) is 10.2 Å². The fourth-order valence-electron chi connectivity index (χ4n) is 3.12. The first-order valence-corrected chi connectivity index (χ1v) is 7.60. The van der Waals surface area contributed by atoms with E-state index < -0.39 is 5.54 Å². The van der Waals surface area contributed by atoms with Crippen LogP contribution in [0, 0.1) is 11.3 Å². The van der Waals surface area contributed by atoms with Crippen LogP contribution in [0.2, 0.25) is 0 Å². The molecule has 3 unspecified atom stereocenters. The lowest BCUT2D eigenvalue weighted by molar-refractivity contribution is -0.0309. The topological polar surface area (TPSA) is 48.3 Å². The predicted molar refractivity (Wildman–Crippen MR) is 75.9 cm³/mol. The minimum Gasteiger partial charge on any atom is -0.378 e. The van der Waals surface area contributed by atoms with Gasteiger partial charge in [-0.2, -0.15) is 5.26 Å². The number of nitriles is 1. The number of hydrogen-bond acceptors (Lipinski definition) is 4. The van der Waals surface area contributed by atoms with Gasteiger partial charge in [0.1, 0.15) is 5.54 Å². The van der Waals surface area contributed by atoms with E-state index in [0.717, 1.165) is 32.6 Å². The highest BCUT2D eigenvalue weighted by Gasteiger charge is 2.36. The van der Waals surface area contributed by atoms with Crippen molar-refractivity contribution in [1.29, 1.82) is 5.26 Å². The molecule has 1 aliphatic carbocycles. The lowest BCUT2D eigenvalue weighted by Gasteiger charge is -2.41. The van der Waals surface area contributed by atoms with E-state index in [1.165, 1.54) is 12.8 Å². The van der Waals surface area contributed by atoms with Gasteiger partial charge >= 0.3 is 0 Å². The molecule has 2 aliphatic rings. The second-order valence-electron chi connectivity index (χ2n) is 6.29. The first-order chi connectivity index (χ1) is 9.08. The van der Waals surface area contributed by atoms with Crippen LogP contribution >= 0.6 is 0 Å². The van der Waals surface area contributed by atoms with Gasteiger partial charge in [0.15, 0.2) is 0 Å². The van der Waals surface area contributed by atoms with Crippen molar-refractivity contribution in [2.45, 2.75) is 70.1 Å². The molecule has 1 saturated heterocycles. The normalized spacial score (nSPS) is 29.5. The summed E-state index contributed by atoms with van der Waals surface area (Å²) in [6.07, 6.45) is 4.45. The van der Waals surface area contributed by atoms with Gasteiger partial charge in [-0.1, -0.05) is 6.92 Å². The lowest BCUT2D eigenvalue weighted by Crippen LogP contribution is -2.54. The highest BCUT2D eigenvalue weighted by Crippen LogP contribution is 2.26. The second-order valence-corrected chi connectivity index (χ2v) is 6.29. The second kappa shape index (κ2) is 6.21. The highest BCUT2D eigenvalue weighted by atomic mass is 16.5. The summed E-state index contributed by atoms with van der Waals surface area (Å²) in [5, 5.41) is 13.0. The molecule has 0 aromatic heterocycles. The Labute approximate surface area is 117 Å². The van der Waals surface area contributed by atoms with E-state index in [1.807, 2.05) is 6.92 Å². The number of morpholine rings is 1. The summed E-state index contributed by atoms with van der Waals surface area (Å²) < 4.78 is 5.56. The van der Waals surface area contributed by atoms with E-state index in [1.54, 1.807) is 0 Å². The average Bonchev–Trinajstić information content (AvgIpc) is 3.22. The number of nitrogens with one attached hydrogen (secondary N) is 1. The summed E-state index contributed by atoms with van der Waals surface area (Å²) in [5.74, 6) is 0. The minimum absolute atomic E-state index is 0.392. The van der Waals surface area contributed by atoms with Crippen LogP contribution < -0.4 is 5.32 Å². The molecule has 2 fully saturated rings. The van der Waals surface area contributed by atoms with Crippen LogP contribution in [-0.4, -0.2) is 48.3 Å². The molecule has 0 spiro atoms. The summed E-state index contributed by atoms with van der Waals surface area (Å²) in [5.41, 5.74) is -0.392. The van der Waals surface area contributed by atoms with E-state index in [9.17, 15) is 5.26 Å². The molecule has 4 nitrogen and oxygen atoms in total. The maximum atomic E-state index is 9.48. The Bertz CT molecular complexity index is 337. The fourth-order valence-corrected chi connectivity index (χ4v) is 3.12. The molecule has 1 saturated carbocycles. The third-order valence-electron chi connectivity index (χ3n) is 4.36.